The molecule has 1 aliphatic heterocycles. The van der Waals surface area contributed by atoms with Crippen molar-refractivity contribution in [1.82, 2.24) is 0 Å². The molecular weight excluding hydrogens is 224 g/mol. The number of amides is 1. The van der Waals surface area contributed by atoms with Crippen molar-refractivity contribution in [3.05, 3.63) is 29.3 Å². The lowest BCUT2D eigenvalue weighted by Gasteiger charge is -2.21. The molecule has 18 heavy (non-hydrogen) atoms. The van der Waals surface area contributed by atoms with Gasteiger partial charge in [-0.3, -0.25) is 4.79 Å². The first-order chi connectivity index (χ1) is 8.78. The number of nitrogens with two attached hydrogens (primary N) is 1. The number of anilines is 1. The van der Waals surface area contributed by atoms with E-state index in [1.165, 1.54) is 24.0 Å². The zero-order valence-electron chi connectivity index (χ0n) is 10.6. The van der Waals surface area contributed by atoms with Crippen molar-refractivity contribution in [2.45, 2.75) is 38.0 Å². The van der Waals surface area contributed by atoms with Crippen LogP contribution in [-0.4, -0.2) is 12.5 Å². The number of carbonyl (C=O) groups is 1. The van der Waals surface area contributed by atoms with Crippen LogP contribution in [0.4, 0.5) is 5.69 Å². The van der Waals surface area contributed by atoms with Gasteiger partial charge in [-0.1, -0.05) is 12.1 Å². The monoisotopic (exact) mass is 244 g/mol. The fraction of sp³-hybridized carbons (Fsp3) is 0.533. The molecule has 3 heteroatoms. The quantitative estimate of drug-likeness (QED) is 0.854. The lowest BCUT2D eigenvalue weighted by molar-refractivity contribution is -0.116. The maximum Gasteiger partial charge on any atom is 0.224 e. The standard InChI is InChI=1S/C15H20N2O/c16-8-7-13(10-1-2-10)11-3-5-14-12(9-11)4-6-15(18)17-14/h3,5,9-10,13H,1-2,4,6-8,16H2,(H,17,18). The molecular formula is C15H20N2O. The van der Waals surface area contributed by atoms with Crippen LogP contribution in [0.1, 0.15) is 42.7 Å². The van der Waals surface area contributed by atoms with Crippen LogP contribution in [0.25, 0.3) is 0 Å². The van der Waals surface area contributed by atoms with Crippen LogP contribution in [0.15, 0.2) is 18.2 Å². The summed E-state index contributed by atoms with van der Waals surface area (Å²) in [6, 6.07) is 6.52. The van der Waals surface area contributed by atoms with Crippen molar-refractivity contribution in [2.75, 3.05) is 11.9 Å². The van der Waals surface area contributed by atoms with Crippen molar-refractivity contribution in [2.24, 2.45) is 11.7 Å². The lowest BCUT2D eigenvalue weighted by atomic mass is 9.88. The first-order valence-corrected chi connectivity index (χ1v) is 6.90. The van der Waals surface area contributed by atoms with E-state index < -0.39 is 0 Å². The molecule has 1 saturated carbocycles. The van der Waals surface area contributed by atoms with Crippen LogP contribution in [0.2, 0.25) is 0 Å². The van der Waals surface area contributed by atoms with Crippen LogP contribution in [-0.2, 0) is 11.2 Å². The zero-order valence-corrected chi connectivity index (χ0v) is 10.6. The first kappa shape index (κ1) is 11.7. The van der Waals surface area contributed by atoms with Gasteiger partial charge in [0.15, 0.2) is 0 Å². The Labute approximate surface area is 108 Å². The van der Waals surface area contributed by atoms with Crippen molar-refractivity contribution in [3.8, 4) is 0 Å². The molecule has 1 heterocycles. The van der Waals surface area contributed by atoms with E-state index in [-0.39, 0.29) is 5.91 Å². The second kappa shape index (κ2) is 4.73. The molecule has 1 fully saturated rings. The molecule has 1 unspecified atom stereocenters. The Kier molecular flexibility index (Phi) is 3.08. The molecule has 1 aromatic rings. The predicted octanol–water partition coefficient (Wildman–Crippen LogP) is 2.41. The van der Waals surface area contributed by atoms with E-state index in [0.717, 1.165) is 31.0 Å². The highest BCUT2D eigenvalue weighted by Crippen LogP contribution is 2.45. The fourth-order valence-corrected chi connectivity index (χ4v) is 2.99. The second-order valence-electron chi connectivity index (χ2n) is 5.49. The van der Waals surface area contributed by atoms with E-state index in [1.807, 2.05) is 0 Å². The van der Waals surface area contributed by atoms with E-state index in [4.69, 9.17) is 5.73 Å². The van der Waals surface area contributed by atoms with E-state index in [2.05, 4.69) is 23.5 Å². The topological polar surface area (TPSA) is 55.1 Å². The summed E-state index contributed by atoms with van der Waals surface area (Å²) in [5.74, 6) is 1.60. The van der Waals surface area contributed by atoms with Crippen molar-refractivity contribution >= 4 is 11.6 Å². The summed E-state index contributed by atoms with van der Waals surface area (Å²) in [6.07, 6.45) is 5.25. The number of hydrogen-bond acceptors (Lipinski definition) is 2. The molecule has 3 rings (SSSR count). The van der Waals surface area contributed by atoms with Crippen LogP contribution in [0.5, 0.6) is 0 Å². The Morgan fingerprint density at radius 3 is 2.89 bits per heavy atom. The van der Waals surface area contributed by atoms with Gasteiger partial charge in [0.2, 0.25) is 5.91 Å². The molecule has 96 valence electrons. The third-order valence-electron chi connectivity index (χ3n) is 4.12. The minimum Gasteiger partial charge on any atom is -0.330 e. The molecule has 3 N–H and O–H groups in total. The summed E-state index contributed by atoms with van der Waals surface area (Å²) in [5, 5.41) is 2.94. The highest BCUT2D eigenvalue weighted by atomic mass is 16.1. The molecule has 0 aromatic heterocycles. The zero-order chi connectivity index (χ0) is 12.5. The van der Waals surface area contributed by atoms with Gasteiger partial charge in [0.1, 0.15) is 0 Å². The fourth-order valence-electron chi connectivity index (χ4n) is 2.99. The maximum absolute atomic E-state index is 11.3. The SMILES string of the molecule is NCCC(c1ccc2c(c1)CCC(=O)N2)C1CC1. The third kappa shape index (κ3) is 2.27. The molecule has 1 amide bonds. The average molecular weight is 244 g/mol. The van der Waals surface area contributed by atoms with Crippen LogP contribution >= 0.6 is 0 Å². The smallest absolute Gasteiger partial charge is 0.224 e. The third-order valence-corrected chi connectivity index (χ3v) is 4.12. The van der Waals surface area contributed by atoms with Gasteiger partial charge in [-0.15, -0.1) is 0 Å². The molecule has 0 radical (unpaired) electrons. The van der Waals surface area contributed by atoms with E-state index >= 15 is 0 Å². The number of rotatable bonds is 4. The first-order valence-electron chi connectivity index (χ1n) is 6.90. The average Bonchev–Trinajstić information content (AvgIpc) is 3.20. The molecule has 3 nitrogen and oxygen atoms in total. The number of hydrogen-bond donors (Lipinski definition) is 2. The maximum atomic E-state index is 11.3. The van der Waals surface area contributed by atoms with Gasteiger partial charge in [0.05, 0.1) is 0 Å². The molecule has 1 aromatic carbocycles. The minimum atomic E-state index is 0.135. The molecule has 2 aliphatic rings. The number of nitrogens with one attached hydrogen (secondary N) is 1. The normalized spacial score (nSPS) is 20.2. The minimum absolute atomic E-state index is 0.135. The largest absolute Gasteiger partial charge is 0.330 e. The number of carbonyl (C=O) groups excluding carboxylic acids is 1. The van der Waals surface area contributed by atoms with Crippen LogP contribution in [0.3, 0.4) is 0 Å². The van der Waals surface area contributed by atoms with Crippen molar-refractivity contribution < 1.29 is 4.79 Å². The summed E-state index contributed by atoms with van der Waals surface area (Å²) in [7, 11) is 0. The highest BCUT2D eigenvalue weighted by molar-refractivity contribution is 5.93. The van der Waals surface area contributed by atoms with Crippen LogP contribution < -0.4 is 11.1 Å². The van der Waals surface area contributed by atoms with Crippen molar-refractivity contribution in [1.29, 1.82) is 0 Å². The lowest BCUT2D eigenvalue weighted by Crippen LogP contribution is -2.19. The summed E-state index contributed by atoms with van der Waals surface area (Å²) in [4.78, 5) is 11.3. The predicted molar refractivity (Wildman–Crippen MR) is 72.5 cm³/mol. The van der Waals surface area contributed by atoms with Gasteiger partial charge < -0.3 is 11.1 Å². The van der Waals surface area contributed by atoms with Gasteiger partial charge >= 0.3 is 0 Å². The van der Waals surface area contributed by atoms with Crippen molar-refractivity contribution in [3.63, 3.8) is 0 Å². The number of benzene rings is 1. The van der Waals surface area contributed by atoms with Gasteiger partial charge in [-0.05, 0) is 61.3 Å². The number of fused-ring (bicyclic) bond motifs is 1. The van der Waals surface area contributed by atoms with Gasteiger partial charge in [0, 0.05) is 12.1 Å². The Hall–Kier alpha value is -1.35. The summed E-state index contributed by atoms with van der Waals surface area (Å²) in [5.41, 5.74) is 9.43. The highest BCUT2D eigenvalue weighted by Gasteiger charge is 2.32. The van der Waals surface area contributed by atoms with Gasteiger partial charge in [-0.25, -0.2) is 0 Å². The summed E-state index contributed by atoms with van der Waals surface area (Å²) >= 11 is 0. The Balaban J connectivity index is 1.86. The molecule has 1 atom stereocenters. The second-order valence-corrected chi connectivity index (χ2v) is 5.49. The summed E-state index contributed by atoms with van der Waals surface area (Å²) < 4.78 is 0. The molecule has 0 bridgehead atoms. The molecule has 0 saturated heterocycles. The Morgan fingerprint density at radius 2 is 2.17 bits per heavy atom. The van der Waals surface area contributed by atoms with Crippen LogP contribution in [0, 0.1) is 5.92 Å². The van der Waals surface area contributed by atoms with Gasteiger partial charge in [-0.2, -0.15) is 0 Å². The van der Waals surface area contributed by atoms with E-state index in [9.17, 15) is 4.79 Å². The van der Waals surface area contributed by atoms with E-state index in [1.54, 1.807) is 0 Å². The number of aryl methyl sites for hydroxylation is 1. The van der Waals surface area contributed by atoms with Gasteiger partial charge in [0.25, 0.3) is 0 Å². The Bertz CT molecular complexity index is 466. The van der Waals surface area contributed by atoms with E-state index in [0.29, 0.717) is 12.3 Å². The molecule has 0 spiro atoms. The Morgan fingerprint density at radius 1 is 1.33 bits per heavy atom. The molecule has 1 aliphatic carbocycles. The summed E-state index contributed by atoms with van der Waals surface area (Å²) in [6.45, 7) is 0.759.